The van der Waals surface area contributed by atoms with Crippen molar-refractivity contribution in [2.75, 3.05) is 0 Å². The molecular weight excluding hydrogens is 293 g/mol. The number of aromatic nitrogens is 2. The molecule has 92 valence electrons. The Morgan fingerprint density at radius 3 is 2.67 bits per heavy atom. The summed E-state index contributed by atoms with van der Waals surface area (Å²) in [5.41, 5.74) is 1.45. The van der Waals surface area contributed by atoms with Gasteiger partial charge in [0.1, 0.15) is 0 Å². The van der Waals surface area contributed by atoms with Gasteiger partial charge in [0, 0.05) is 12.4 Å². The molecule has 6 heteroatoms. The molecule has 0 radical (unpaired) electrons. The Labute approximate surface area is 120 Å². The summed E-state index contributed by atoms with van der Waals surface area (Å²) < 4.78 is 0.133. The van der Waals surface area contributed by atoms with Gasteiger partial charge in [-0.25, -0.2) is 4.98 Å². The summed E-state index contributed by atoms with van der Waals surface area (Å²) in [6, 6.07) is 9.42. The first kappa shape index (κ1) is 13.2. The minimum absolute atomic E-state index is 0.334. The van der Waals surface area contributed by atoms with Crippen LogP contribution >= 0.6 is 34.8 Å². The van der Waals surface area contributed by atoms with Crippen LogP contribution in [-0.4, -0.2) is 9.55 Å². The SMILES string of the molecule is N#Cc1ccccc1Cn1ccnc1C(Cl)(Cl)Cl. The molecule has 0 saturated heterocycles. The van der Waals surface area contributed by atoms with Gasteiger partial charge in [-0.1, -0.05) is 53.0 Å². The summed E-state index contributed by atoms with van der Waals surface area (Å²) in [6.45, 7) is 0.437. The fraction of sp³-hybridized carbons (Fsp3) is 0.167. The van der Waals surface area contributed by atoms with Gasteiger partial charge in [0.2, 0.25) is 3.79 Å². The highest BCUT2D eigenvalue weighted by atomic mass is 35.6. The van der Waals surface area contributed by atoms with Crippen LogP contribution in [0.1, 0.15) is 17.0 Å². The number of rotatable bonds is 2. The van der Waals surface area contributed by atoms with Crippen LogP contribution in [0, 0.1) is 11.3 Å². The zero-order valence-electron chi connectivity index (χ0n) is 9.15. The van der Waals surface area contributed by atoms with Crippen LogP contribution in [0.5, 0.6) is 0 Å². The van der Waals surface area contributed by atoms with Crippen molar-refractivity contribution in [1.82, 2.24) is 9.55 Å². The molecule has 2 rings (SSSR count). The maximum atomic E-state index is 9.02. The van der Waals surface area contributed by atoms with E-state index in [1.165, 1.54) is 0 Å². The predicted octanol–water partition coefficient (Wildman–Crippen LogP) is 3.63. The second-order valence-electron chi connectivity index (χ2n) is 3.65. The zero-order valence-corrected chi connectivity index (χ0v) is 11.4. The molecule has 18 heavy (non-hydrogen) atoms. The molecule has 1 aromatic carbocycles. The van der Waals surface area contributed by atoms with Crippen LogP contribution in [-0.2, 0) is 10.3 Å². The third-order valence-corrected chi connectivity index (χ3v) is 2.95. The Morgan fingerprint density at radius 1 is 1.28 bits per heavy atom. The van der Waals surface area contributed by atoms with Gasteiger partial charge in [0.15, 0.2) is 5.82 Å². The second-order valence-corrected chi connectivity index (χ2v) is 5.93. The van der Waals surface area contributed by atoms with E-state index in [4.69, 9.17) is 40.1 Å². The third kappa shape index (κ3) is 2.78. The molecule has 0 aliphatic carbocycles. The molecule has 0 amide bonds. The molecule has 1 aromatic heterocycles. The van der Waals surface area contributed by atoms with Gasteiger partial charge in [0.05, 0.1) is 18.2 Å². The second kappa shape index (κ2) is 5.19. The highest BCUT2D eigenvalue weighted by molar-refractivity contribution is 6.66. The summed E-state index contributed by atoms with van der Waals surface area (Å²) in [5.74, 6) is 0.334. The molecule has 1 heterocycles. The Morgan fingerprint density at radius 2 is 2.00 bits per heavy atom. The van der Waals surface area contributed by atoms with Gasteiger partial charge in [0.25, 0.3) is 0 Å². The van der Waals surface area contributed by atoms with E-state index in [9.17, 15) is 0 Å². The van der Waals surface area contributed by atoms with Gasteiger partial charge in [-0.05, 0) is 11.6 Å². The minimum Gasteiger partial charge on any atom is -0.327 e. The first-order valence-electron chi connectivity index (χ1n) is 5.08. The number of halogens is 3. The van der Waals surface area contributed by atoms with Gasteiger partial charge < -0.3 is 4.57 Å². The lowest BCUT2D eigenvalue weighted by Gasteiger charge is -2.14. The molecule has 0 unspecified atom stereocenters. The summed E-state index contributed by atoms with van der Waals surface area (Å²) in [6.07, 6.45) is 3.28. The van der Waals surface area contributed by atoms with Crippen LogP contribution in [0.3, 0.4) is 0 Å². The van der Waals surface area contributed by atoms with Crippen LogP contribution in [0.4, 0.5) is 0 Å². The molecule has 3 nitrogen and oxygen atoms in total. The molecule has 0 aliphatic rings. The summed E-state index contributed by atoms with van der Waals surface area (Å²) in [5, 5.41) is 9.02. The topological polar surface area (TPSA) is 41.6 Å². The lowest BCUT2D eigenvalue weighted by molar-refractivity contribution is 0.736. The normalized spacial score (nSPS) is 11.2. The van der Waals surface area contributed by atoms with E-state index in [0.29, 0.717) is 17.9 Å². The number of benzene rings is 1. The monoisotopic (exact) mass is 299 g/mol. The van der Waals surface area contributed by atoms with Crippen molar-refractivity contribution in [1.29, 1.82) is 5.26 Å². The summed E-state index contributed by atoms with van der Waals surface area (Å²) in [7, 11) is 0. The van der Waals surface area contributed by atoms with E-state index in [-0.39, 0.29) is 0 Å². The van der Waals surface area contributed by atoms with Gasteiger partial charge in [-0.3, -0.25) is 0 Å². The molecule has 0 atom stereocenters. The lowest BCUT2D eigenvalue weighted by atomic mass is 10.1. The average Bonchev–Trinajstić information content (AvgIpc) is 2.78. The molecule has 0 aliphatic heterocycles. The van der Waals surface area contributed by atoms with Crippen molar-refractivity contribution < 1.29 is 0 Å². The van der Waals surface area contributed by atoms with E-state index < -0.39 is 3.79 Å². The van der Waals surface area contributed by atoms with Crippen LogP contribution in [0.25, 0.3) is 0 Å². The Kier molecular flexibility index (Phi) is 3.82. The average molecular weight is 301 g/mol. The first-order chi connectivity index (χ1) is 8.52. The molecule has 0 bridgehead atoms. The minimum atomic E-state index is -1.58. The van der Waals surface area contributed by atoms with Crippen molar-refractivity contribution in [3.05, 3.63) is 53.6 Å². The molecular formula is C12H8Cl3N3. The molecule has 0 N–H and O–H groups in total. The van der Waals surface area contributed by atoms with Gasteiger partial charge >= 0.3 is 0 Å². The van der Waals surface area contributed by atoms with Gasteiger partial charge in [-0.2, -0.15) is 5.26 Å². The number of alkyl halides is 3. The maximum Gasteiger partial charge on any atom is 0.248 e. The fourth-order valence-electron chi connectivity index (χ4n) is 1.64. The Hall–Kier alpha value is -1.21. The highest BCUT2D eigenvalue weighted by Crippen LogP contribution is 2.37. The van der Waals surface area contributed by atoms with E-state index >= 15 is 0 Å². The lowest BCUT2D eigenvalue weighted by Crippen LogP contribution is -2.13. The zero-order chi connectivity index (χ0) is 13.2. The largest absolute Gasteiger partial charge is 0.327 e. The number of hydrogen-bond acceptors (Lipinski definition) is 2. The molecule has 2 aromatic rings. The maximum absolute atomic E-state index is 9.02. The van der Waals surface area contributed by atoms with E-state index in [1.54, 1.807) is 23.0 Å². The van der Waals surface area contributed by atoms with Crippen molar-refractivity contribution in [2.24, 2.45) is 0 Å². The van der Waals surface area contributed by atoms with Crippen LogP contribution < -0.4 is 0 Å². The van der Waals surface area contributed by atoms with Gasteiger partial charge in [-0.15, -0.1) is 0 Å². The Balaban J connectivity index is 2.36. The Bertz CT molecular complexity index is 593. The number of imidazole rings is 1. The van der Waals surface area contributed by atoms with Crippen molar-refractivity contribution in [3.8, 4) is 6.07 Å². The highest BCUT2D eigenvalue weighted by Gasteiger charge is 2.28. The van der Waals surface area contributed by atoms with Crippen molar-refractivity contribution >= 4 is 34.8 Å². The summed E-state index contributed by atoms with van der Waals surface area (Å²) in [4.78, 5) is 4.02. The molecule has 0 fully saturated rings. The van der Waals surface area contributed by atoms with E-state index in [2.05, 4.69) is 11.1 Å². The fourth-order valence-corrected chi connectivity index (χ4v) is 2.12. The van der Waals surface area contributed by atoms with E-state index in [1.807, 2.05) is 18.2 Å². The number of nitriles is 1. The van der Waals surface area contributed by atoms with Crippen LogP contribution in [0.2, 0.25) is 0 Å². The molecule has 0 spiro atoms. The smallest absolute Gasteiger partial charge is 0.248 e. The number of nitrogens with zero attached hydrogens (tertiary/aromatic N) is 3. The van der Waals surface area contributed by atoms with E-state index in [0.717, 1.165) is 5.56 Å². The summed E-state index contributed by atoms with van der Waals surface area (Å²) >= 11 is 17.5. The number of hydrogen-bond donors (Lipinski definition) is 0. The quantitative estimate of drug-likeness (QED) is 0.795. The standard InChI is InChI=1S/C12H8Cl3N3/c13-12(14,15)11-17-5-6-18(11)8-10-4-2-1-3-9(10)7-16/h1-6H,8H2. The predicted molar refractivity (Wildman–Crippen MR) is 71.7 cm³/mol. The molecule has 0 saturated carbocycles. The van der Waals surface area contributed by atoms with Crippen LogP contribution in [0.15, 0.2) is 36.7 Å². The first-order valence-corrected chi connectivity index (χ1v) is 6.22. The van der Waals surface area contributed by atoms with Crippen molar-refractivity contribution in [3.63, 3.8) is 0 Å². The van der Waals surface area contributed by atoms with Crippen molar-refractivity contribution in [2.45, 2.75) is 10.3 Å². The third-order valence-electron chi connectivity index (χ3n) is 2.45.